The molecule has 0 spiro atoms. The third-order valence-electron chi connectivity index (χ3n) is 4.65. The minimum atomic E-state index is 0.624. The summed E-state index contributed by atoms with van der Waals surface area (Å²) in [6.45, 7) is 7.12. The van der Waals surface area contributed by atoms with Crippen molar-refractivity contribution in [3.8, 4) is 0 Å². The quantitative estimate of drug-likeness (QED) is 0.828. The Balaban J connectivity index is 1.59. The van der Waals surface area contributed by atoms with E-state index in [1.165, 1.54) is 48.0 Å². The predicted molar refractivity (Wildman–Crippen MR) is 96.6 cm³/mol. The lowest BCUT2D eigenvalue weighted by Gasteiger charge is -2.34. The summed E-state index contributed by atoms with van der Waals surface area (Å²) in [5, 5.41) is 0. The number of para-hydroxylation sites is 1. The van der Waals surface area contributed by atoms with Gasteiger partial charge in [0, 0.05) is 24.2 Å². The minimum Gasteiger partial charge on any atom is -0.324 e. The van der Waals surface area contributed by atoms with Gasteiger partial charge in [0.1, 0.15) is 5.82 Å². The second-order valence-electron chi connectivity index (χ2n) is 6.62. The molecule has 2 aromatic rings. The lowest BCUT2D eigenvalue weighted by Crippen LogP contribution is -2.33. The molecule has 0 amide bonds. The van der Waals surface area contributed by atoms with Crippen LogP contribution >= 0.6 is 11.8 Å². The van der Waals surface area contributed by atoms with Gasteiger partial charge in [-0.05, 0) is 56.1 Å². The number of pyridine rings is 1. The summed E-state index contributed by atoms with van der Waals surface area (Å²) < 4.78 is 0. The second kappa shape index (κ2) is 6.54. The molecular weight excluding hydrogens is 302 g/mol. The first-order valence-corrected chi connectivity index (χ1v) is 9.35. The molecule has 3 nitrogen and oxygen atoms in total. The normalized spacial score (nSPS) is 18.6. The Kier molecular flexibility index (Phi) is 4.27. The van der Waals surface area contributed by atoms with Crippen molar-refractivity contribution in [2.45, 2.75) is 29.6 Å². The number of fused-ring (bicyclic) bond motifs is 2. The maximum absolute atomic E-state index is 4.68. The van der Waals surface area contributed by atoms with Crippen LogP contribution in [0.25, 0.3) is 0 Å². The van der Waals surface area contributed by atoms with Gasteiger partial charge in [0.15, 0.2) is 0 Å². The lowest BCUT2D eigenvalue weighted by atomic mass is 10.1. The van der Waals surface area contributed by atoms with Gasteiger partial charge in [0.05, 0.1) is 10.6 Å². The van der Waals surface area contributed by atoms with Crippen LogP contribution in [0.15, 0.2) is 52.4 Å². The minimum absolute atomic E-state index is 0.624. The highest BCUT2D eigenvalue weighted by atomic mass is 32.2. The molecule has 1 atom stereocenters. The topological polar surface area (TPSA) is 19.4 Å². The average molecular weight is 325 g/mol. The maximum Gasteiger partial charge on any atom is 0.147 e. The zero-order valence-electron chi connectivity index (χ0n) is 13.6. The molecule has 2 aliphatic rings. The Bertz CT molecular complexity index is 636. The van der Waals surface area contributed by atoms with Crippen LogP contribution in [0.4, 0.5) is 11.5 Å². The molecule has 2 aliphatic heterocycles. The highest BCUT2D eigenvalue weighted by Crippen LogP contribution is 2.46. The van der Waals surface area contributed by atoms with Crippen molar-refractivity contribution >= 4 is 23.3 Å². The molecule has 1 saturated heterocycles. The zero-order chi connectivity index (χ0) is 15.6. The summed E-state index contributed by atoms with van der Waals surface area (Å²) in [6, 6.07) is 12.9. The zero-order valence-corrected chi connectivity index (χ0v) is 14.4. The average Bonchev–Trinajstić information content (AvgIpc) is 3.07. The number of aromatic nitrogens is 1. The van der Waals surface area contributed by atoms with E-state index in [9.17, 15) is 0 Å². The number of rotatable bonds is 4. The third kappa shape index (κ3) is 3.10. The first kappa shape index (κ1) is 15.0. The summed E-state index contributed by atoms with van der Waals surface area (Å²) in [4.78, 5) is 12.3. The highest BCUT2D eigenvalue weighted by molar-refractivity contribution is 7.99. The lowest BCUT2D eigenvalue weighted by molar-refractivity contribution is 0.290. The van der Waals surface area contributed by atoms with E-state index < -0.39 is 0 Å². The molecule has 0 aliphatic carbocycles. The van der Waals surface area contributed by atoms with E-state index in [-0.39, 0.29) is 0 Å². The van der Waals surface area contributed by atoms with Crippen LogP contribution in [0.1, 0.15) is 19.8 Å². The van der Waals surface area contributed by atoms with Crippen molar-refractivity contribution < 1.29 is 0 Å². The molecule has 1 aromatic carbocycles. The number of nitrogens with zero attached hydrogens (tertiary/aromatic N) is 3. The van der Waals surface area contributed by atoms with E-state index in [0.29, 0.717) is 5.92 Å². The van der Waals surface area contributed by atoms with E-state index in [1.54, 1.807) is 0 Å². The fourth-order valence-corrected chi connectivity index (χ4v) is 4.69. The predicted octanol–water partition coefficient (Wildman–Crippen LogP) is 4.42. The Morgan fingerprint density at radius 2 is 1.83 bits per heavy atom. The molecule has 1 aromatic heterocycles. The van der Waals surface area contributed by atoms with E-state index in [1.807, 2.05) is 24.0 Å². The SMILES string of the molecule is CC(CN1CCCC1)CN1c2ccccc2Sc2cccnc21. The van der Waals surface area contributed by atoms with Crippen molar-refractivity contribution in [1.29, 1.82) is 0 Å². The molecule has 4 heteroatoms. The number of hydrogen-bond acceptors (Lipinski definition) is 4. The van der Waals surface area contributed by atoms with Gasteiger partial charge in [-0.15, -0.1) is 0 Å². The van der Waals surface area contributed by atoms with Gasteiger partial charge in [0.2, 0.25) is 0 Å². The largest absolute Gasteiger partial charge is 0.324 e. The van der Waals surface area contributed by atoms with Crippen molar-refractivity contribution in [2.75, 3.05) is 31.1 Å². The van der Waals surface area contributed by atoms with Crippen LogP contribution in [-0.2, 0) is 0 Å². The van der Waals surface area contributed by atoms with Gasteiger partial charge in [-0.25, -0.2) is 4.98 Å². The Morgan fingerprint density at radius 1 is 1.04 bits per heavy atom. The summed E-state index contributed by atoms with van der Waals surface area (Å²) in [5.74, 6) is 1.74. The Morgan fingerprint density at radius 3 is 2.70 bits per heavy atom. The van der Waals surface area contributed by atoms with Crippen LogP contribution in [0.3, 0.4) is 0 Å². The maximum atomic E-state index is 4.68. The van der Waals surface area contributed by atoms with E-state index >= 15 is 0 Å². The summed E-state index contributed by atoms with van der Waals surface area (Å²) in [6.07, 6.45) is 4.63. The first-order valence-electron chi connectivity index (χ1n) is 8.53. The van der Waals surface area contributed by atoms with Crippen LogP contribution in [0.2, 0.25) is 0 Å². The van der Waals surface area contributed by atoms with Crippen LogP contribution in [-0.4, -0.2) is 36.1 Å². The molecule has 3 heterocycles. The molecule has 0 bridgehead atoms. The van der Waals surface area contributed by atoms with E-state index in [2.05, 4.69) is 52.0 Å². The van der Waals surface area contributed by atoms with E-state index in [4.69, 9.17) is 0 Å². The summed E-state index contributed by atoms with van der Waals surface area (Å²) in [5.41, 5.74) is 1.30. The molecule has 23 heavy (non-hydrogen) atoms. The van der Waals surface area contributed by atoms with Gasteiger partial charge >= 0.3 is 0 Å². The molecule has 120 valence electrons. The fraction of sp³-hybridized carbons (Fsp3) is 0.421. The smallest absolute Gasteiger partial charge is 0.147 e. The fourth-order valence-electron chi connectivity index (χ4n) is 3.62. The molecule has 1 fully saturated rings. The summed E-state index contributed by atoms with van der Waals surface area (Å²) >= 11 is 1.83. The van der Waals surface area contributed by atoms with E-state index in [0.717, 1.165) is 12.4 Å². The van der Waals surface area contributed by atoms with Crippen molar-refractivity contribution in [1.82, 2.24) is 9.88 Å². The van der Waals surface area contributed by atoms with Gasteiger partial charge < -0.3 is 9.80 Å². The Labute approximate surface area is 142 Å². The monoisotopic (exact) mass is 325 g/mol. The van der Waals surface area contributed by atoms with Crippen LogP contribution < -0.4 is 4.90 Å². The first-order chi connectivity index (χ1) is 11.3. The molecule has 0 N–H and O–H groups in total. The number of likely N-dealkylation sites (tertiary alicyclic amines) is 1. The third-order valence-corrected chi connectivity index (χ3v) is 5.75. The standard InChI is InChI=1S/C19H23N3S/c1-15(13-21-11-4-5-12-21)14-22-16-7-2-3-8-17(16)23-18-9-6-10-20-19(18)22/h2-3,6-10,15H,4-5,11-14H2,1H3. The molecule has 0 saturated carbocycles. The van der Waals surface area contributed by atoms with Crippen molar-refractivity contribution in [3.63, 3.8) is 0 Å². The second-order valence-corrected chi connectivity index (χ2v) is 7.70. The van der Waals surface area contributed by atoms with Gasteiger partial charge in [0.25, 0.3) is 0 Å². The van der Waals surface area contributed by atoms with Gasteiger partial charge in [-0.3, -0.25) is 0 Å². The van der Waals surface area contributed by atoms with Crippen molar-refractivity contribution in [2.24, 2.45) is 5.92 Å². The van der Waals surface area contributed by atoms with Crippen molar-refractivity contribution in [3.05, 3.63) is 42.6 Å². The van der Waals surface area contributed by atoms with Gasteiger partial charge in [-0.2, -0.15) is 0 Å². The Hall–Kier alpha value is -1.52. The molecule has 0 radical (unpaired) electrons. The molecule has 1 unspecified atom stereocenters. The highest BCUT2D eigenvalue weighted by Gasteiger charge is 2.26. The van der Waals surface area contributed by atoms with Crippen LogP contribution in [0, 0.1) is 5.92 Å². The van der Waals surface area contributed by atoms with Gasteiger partial charge in [-0.1, -0.05) is 30.8 Å². The number of anilines is 2. The van der Waals surface area contributed by atoms with Crippen LogP contribution in [0.5, 0.6) is 0 Å². The molecule has 4 rings (SSSR count). The summed E-state index contributed by atoms with van der Waals surface area (Å²) in [7, 11) is 0. The number of benzene rings is 1. The number of hydrogen-bond donors (Lipinski definition) is 0. The molecular formula is C19H23N3S.